The number of carbonyl (C=O) groups excluding carboxylic acids is 2. The number of amides is 2. The van der Waals surface area contributed by atoms with E-state index in [1.54, 1.807) is 12.1 Å². The lowest BCUT2D eigenvalue weighted by molar-refractivity contribution is 0.0195. The molecule has 3 aromatic carbocycles. The summed E-state index contributed by atoms with van der Waals surface area (Å²) < 4.78 is 26.0. The molecule has 3 atom stereocenters. The van der Waals surface area contributed by atoms with E-state index < -0.39 is 17.5 Å². The van der Waals surface area contributed by atoms with Crippen molar-refractivity contribution in [2.24, 2.45) is 11.8 Å². The number of nitrogens with zero attached hydrogens (tertiary/aromatic N) is 2. The molecule has 2 aliphatic rings. The van der Waals surface area contributed by atoms with E-state index in [0.29, 0.717) is 31.0 Å². The summed E-state index contributed by atoms with van der Waals surface area (Å²) in [6, 6.07) is 23.9. The fraction of sp³-hybridized carbons (Fsp3) is 0.355. The number of hydrogen-bond acceptors (Lipinski definition) is 5. The summed E-state index contributed by atoms with van der Waals surface area (Å²) in [4.78, 5) is 29.1. The van der Waals surface area contributed by atoms with Crippen molar-refractivity contribution in [1.29, 1.82) is 0 Å². The second-order valence-electron chi connectivity index (χ2n) is 11.2. The number of carbonyl (C=O) groups is 2. The summed E-state index contributed by atoms with van der Waals surface area (Å²) in [5.41, 5.74) is 2.14. The van der Waals surface area contributed by atoms with Gasteiger partial charge in [-0.25, -0.2) is 14.0 Å². The van der Waals surface area contributed by atoms with E-state index in [2.05, 4.69) is 5.32 Å². The first-order valence-corrected chi connectivity index (χ1v) is 13.2. The molecule has 204 valence electrons. The number of rotatable bonds is 7. The number of halogens is 1. The van der Waals surface area contributed by atoms with E-state index in [4.69, 9.17) is 9.47 Å². The minimum Gasteiger partial charge on any atom is -0.444 e. The Kier molecular flexibility index (Phi) is 7.46. The molecule has 8 heteroatoms. The zero-order chi connectivity index (χ0) is 27.6. The number of fused-ring (bicyclic) bond motifs is 1. The molecule has 3 aromatic rings. The van der Waals surface area contributed by atoms with Crippen LogP contribution in [0.1, 0.15) is 31.9 Å². The molecule has 7 nitrogen and oxygen atoms in total. The van der Waals surface area contributed by atoms with Gasteiger partial charge >= 0.3 is 12.2 Å². The van der Waals surface area contributed by atoms with Gasteiger partial charge in [0.05, 0.1) is 5.69 Å². The van der Waals surface area contributed by atoms with Gasteiger partial charge in [0, 0.05) is 43.2 Å². The molecule has 0 aromatic heterocycles. The van der Waals surface area contributed by atoms with Crippen molar-refractivity contribution in [1.82, 2.24) is 4.90 Å². The zero-order valence-corrected chi connectivity index (χ0v) is 22.5. The van der Waals surface area contributed by atoms with E-state index in [-0.39, 0.29) is 30.6 Å². The maximum absolute atomic E-state index is 15.1. The highest BCUT2D eigenvalue weighted by Gasteiger charge is 2.60. The minimum atomic E-state index is -0.642. The number of hydrogen-bond donors (Lipinski definition) is 1. The summed E-state index contributed by atoms with van der Waals surface area (Å²) in [7, 11) is 0. The predicted octanol–water partition coefficient (Wildman–Crippen LogP) is 6.45. The van der Waals surface area contributed by atoms with Crippen molar-refractivity contribution in [2.45, 2.75) is 45.6 Å². The SMILES string of the molecule is CC(C)(C)OC(=O)N(Cc1ccccc1)C1C2CN(c3ccc(NC(=O)OCc4ccccc4)cc3F)C[C@@H]21. The maximum atomic E-state index is 15.1. The zero-order valence-electron chi connectivity index (χ0n) is 22.5. The molecule has 1 saturated carbocycles. The van der Waals surface area contributed by atoms with E-state index in [9.17, 15) is 9.59 Å². The Balaban J connectivity index is 1.19. The van der Waals surface area contributed by atoms with E-state index in [0.717, 1.165) is 11.1 Å². The molecule has 39 heavy (non-hydrogen) atoms. The van der Waals surface area contributed by atoms with Gasteiger partial charge in [0.1, 0.15) is 18.0 Å². The number of benzene rings is 3. The monoisotopic (exact) mass is 531 g/mol. The van der Waals surface area contributed by atoms with Crippen LogP contribution >= 0.6 is 0 Å². The Bertz CT molecular complexity index is 1300. The first-order chi connectivity index (χ1) is 18.7. The van der Waals surface area contributed by atoms with Gasteiger partial charge < -0.3 is 19.3 Å². The van der Waals surface area contributed by atoms with Crippen LogP contribution in [0.5, 0.6) is 0 Å². The van der Waals surface area contributed by atoms with Crippen LogP contribution in [0.3, 0.4) is 0 Å². The summed E-state index contributed by atoms with van der Waals surface area (Å²) in [6.07, 6.45) is -0.963. The highest BCUT2D eigenvalue weighted by molar-refractivity contribution is 5.85. The largest absolute Gasteiger partial charge is 0.444 e. The van der Waals surface area contributed by atoms with Crippen LogP contribution in [0.15, 0.2) is 78.9 Å². The Morgan fingerprint density at radius 2 is 1.56 bits per heavy atom. The van der Waals surface area contributed by atoms with E-state index in [1.807, 2.05) is 91.2 Å². The second-order valence-corrected chi connectivity index (χ2v) is 11.2. The van der Waals surface area contributed by atoms with Gasteiger partial charge in [-0.3, -0.25) is 5.32 Å². The van der Waals surface area contributed by atoms with Crippen molar-refractivity contribution in [3.8, 4) is 0 Å². The van der Waals surface area contributed by atoms with Crippen molar-refractivity contribution in [3.05, 3.63) is 95.8 Å². The normalized spacial score (nSPS) is 19.7. The molecule has 2 unspecified atom stereocenters. The van der Waals surface area contributed by atoms with Gasteiger partial charge in [0.15, 0.2) is 0 Å². The topological polar surface area (TPSA) is 71.1 Å². The first kappa shape index (κ1) is 26.5. The Morgan fingerprint density at radius 3 is 2.15 bits per heavy atom. The summed E-state index contributed by atoms with van der Waals surface area (Å²) >= 11 is 0. The van der Waals surface area contributed by atoms with Crippen LogP contribution in [0, 0.1) is 17.7 Å². The molecule has 1 aliphatic heterocycles. The lowest BCUT2D eigenvalue weighted by Gasteiger charge is -2.31. The average Bonchev–Trinajstić information content (AvgIpc) is 3.37. The van der Waals surface area contributed by atoms with E-state index in [1.165, 1.54) is 6.07 Å². The van der Waals surface area contributed by atoms with Crippen LogP contribution in [-0.2, 0) is 22.6 Å². The molecule has 1 aliphatic carbocycles. The Labute approximate surface area is 228 Å². The smallest absolute Gasteiger partial charge is 0.411 e. The van der Waals surface area contributed by atoms with Crippen LogP contribution < -0.4 is 10.2 Å². The van der Waals surface area contributed by atoms with Crippen LogP contribution in [0.2, 0.25) is 0 Å². The molecular weight excluding hydrogens is 497 g/mol. The third-order valence-electron chi connectivity index (χ3n) is 7.08. The molecule has 0 spiro atoms. The number of nitrogens with one attached hydrogen (secondary N) is 1. The predicted molar refractivity (Wildman–Crippen MR) is 148 cm³/mol. The highest BCUT2D eigenvalue weighted by atomic mass is 19.1. The summed E-state index contributed by atoms with van der Waals surface area (Å²) in [6.45, 7) is 7.50. The molecule has 5 rings (SSSR count). The molecule has 2 fully saturated rings. The first-order valence-electron chi connectivity index (χ1n) is 13.2. The van der Waals surface area contributed by atoms with Crippen molar-refractivity contribution >= 4 is 23.6 Å². The fourth-order valence-corrected chi connectivity index (χ4v) is 5.26. The highest BCUT2D eigenvalue weighted by Crippen LogP contribution is 2.51. The van der Waals surface area contributed by atoms with Gasteiger partial charge in [-0.05, 0) is 50.1 Å². The van der Waals surface area contributed by atoms with Gasteiger partial charge in [-0.15, -0.1) is 0 Å². The molecule has 0 bridgehead atoms. The Hall–Kier alpha value is -4.07. The molecule has 1 saturated heterocycles. The quantitative estimate of drug-likeness (QED) is 0.380. The third-order valence-corrected chi connectivity index (χ3v) is 7.08. The lowest BCUT2D eigenvalue weighted by atomic mass is 10.2. The standard InChI is InChI=1S/C31H34FN3O4/c1-31(2,3)39-30(37)35(17-21-10-6-4-7-11-21)28-24-18-34(19-25(24)28)27-15-14-23(16-26(27)32)33-29(36)38-20-22-12-8-5-9-13-22/h4-16,24-25,28H,17-20H2,1-3H3,(H,33,36)/t24-,25?,28?/m0/s1. The van der Waals surface area contributed by atoms with E-state index >= 15 is 4.39 Å². The number of anilines is 2. The number of ether oxygens (including phenoxy) is 2. The summed E-state index contributed by atoms with van der Waals surface area (Å²) in [5.74, 6) is 0.0692. The number of piperidine rings is 1. The third kappa shape index (κ3) is 6.50. The van der Waals surface area contributed by atoms with Crippen LogP contribution in [0.4, 0.5) is 25.4 Å². The van der Waals surface area contributed by atoms with Crippen LogP contribution in [-0.4, -0.2) is 41.8 Å². The fourth-order valence-electron chi connectivity index (χ4n) is 5.26. The Morgan fingerprint density at radius 1 is 0.949 bits per heavy atom. The van der Waals surface area contributed by atoms with Gasteiger partial charge in [0.25, 0.3) is 0 Å². The lowest BCUT2D eigenvalue weighted by Crippen LogP contribution is -2.41. The molecule has 0 radical (unpaired) electrons. The van der Waals surface area contributed by atoms with Gasteiger partial charge in [0.2, 0.25) is 0 Å². The second kappa shape index (κ2) is 11.0. The summed E-state index contributed by atoms with van der Waals surface area (Å²) in [5, 5.41) is 2.59. The van der Waals surface area contributed by atoms with Crippen molar-refractivity contribution in [2.75, 3.05) is 23.3 Å². The minimum absolute atomic E-state index is 0.0553. The van der Waals surface area contributed by atoms with Crippen molar-refractivity contribution < 1.29 is 23.5 Å². The molecule has 1 N–H and O–H groups in total. The van der Waals surface area contributed by atoms with Crippen LogP contribution in [0.25, 0.3) is 0 Å². The average molecular weight is 532 g/mol. The van der Waals surface area contributed by atoms with Crippen molar-refractivity contribution in [3.63, 3.8) is 0 Å². The van der Waals surface area contributed by atoms with Gasteiger partial charge in [-0.1, -0.05) is 60.7 Å². The molecular formula is C31H34FN3O4. The maximum Gasteiger partial charge on any atom is 0.411 e. The van der Waals surface area contributed by atoms with Gasteiger partial charge in [-0.2, -0.15) is 0 Å². The molecule has 1 heterocycles. The molecule has 2 amide bonds.